The lowest BCUT2D eigenvalue weighted by Crippen LogP contribution is -2.51. The van der Waals surface area contributed by atoms with E-state index >= 15 is 0 Å². The molecule has 0 bridgehead atoms. The minimum absolute atomic E-state index is 0.573. The van der Waals surface area contributed by atoms with Crippen molar-refractivity contribution in [2.75, 3.05) is 6.54 Å². The van der Waals surface area contributed by atoms with Crippen molar-refractivity contribution in [1.29, 1.82) is 0 Å². The minimum Gasteiger partial charge on any atom is -0.359 e. The predicted octanol–water partition coefficient (Wildman–Crippen LogP) is 2.31. The first-order valence-electron chi connectivity index (χ1n) is 5.34. The van der Waals surface area contributed by atoms with Crippen LogP contribution in [0.1, 0.15) is 33.1 Å². The van der Waals surface area contributed by atoms with Crippen LogP contribution in [0, 0.1) is 0 Å². The summed E-state index contributed by atoms with van der Waals surface area (Å²) < 4.78 is 0. The van der Waals surface area contributed by atoms with E-state index in [-0.39, 0.29) is 0 Å². The molecule has 1 aliphatic rings. The van der Waals surface area contributed by atoms with Gasteiger partial charge in [-0.25, -0.2) is 0 Å². The molecule has 1 saturated heterocycles. The molecule has 0 aromatic rings. The van der Waals surface area contributed by atoms with Gasteiger partial charge in [0.15, 0.2) is 5.11 Å². The van der Waals surface area contributed by atoms with E-state index in [1.807, 2.05) is 6.08 Å². The zero-order valence-electron chi connectivity index (χ0n) is 9.12. The Labute approximate surface area is 92.4 Å². The van der Waals surface area contributed by atoms with E-state index in [1.54, 1.807) is 0 Å². The number of nitrogens with zero attached hydrogens (tertiary/aromatic N) is 1. The maximum absolute atomic E-state index is 5.36. The van der Waals surface area contributed by atoms with Gasteiger partial charge in [0.05, 0.1) is 0 Å². The van der Waals surface area contributed by atoms with E-state index in [0.29, 0.717) is 12.1 Å². The largest absolute Gasteiger partial charge is 0.359 e. The van der Waals surface area contributed by atoms with Gasteiger partial charge in [0.25, 0.3) is 0 Å². The van der Waals surface area contributed by atoms with Crippen LogP contribution in [-0.2, 0) is 0 Å². The first kappa shape index (κ1) is 11.5. The molecule has 0 radical (unpaired) electrons. The van der Waals surface area contributed by atoms with Crippen LogP contribution in [0.5, 0.6) is 0 Å². The average molecular weight is 212 g/mol. The van der Waals surface area contributed by atoms with Crippen LogP contribution < -0.4 is 5.32 Å². The maximum Gasteiger partial charge on any atom is 0.169 e. The molecule has 1 heterocycles. The molecule has 1 fully saturated rings. The van der Waals surface area contributed by atoms with Crippen molar-refractivity contribution < 1.29 is 0 Å². The molecule has 1 N–H and O–H groups in total. The van der Waals surface area contributed by atoms with Crippen LogP contribution in [0.15, 0.2) is 12.7 Å². The third-order valence-electron chi connectivity index (χ3n) is 2.83. The number of hydrogen-bond donors (Lipinski definition) is 1. The van der Waals surface area contributed by atoms with Crippen molar-refractivity contribution in [3.05, 3.63) is 12.7 Å². The first-order valence-corrected chi connectivity index (χ1v) is 5.74. The molecular weight excluding hydrogens is 192 g/mol. The highest BCUT2D eigenvalue weighted by molar-refractivity contribution is 7.80. The van der Waals surface area contributed by atoms with Crippen molar-refractivity contribution in [3.8, 4) is 0 Å². The number of hydrogen-bond acceptors (Lipinski definition) is 1. The normalized spacial score (nSPS) is 27.1. The van der Waals surface area contributed by atoms with Crippen molar-refractivity contribution >= 4 is 17.3 Å². The fourth-order valence-corrected chi connectivity index (χ4v) is 2.52. The summed E-state index contributed by atoms with van der Waals surface area (Å²) in [7, 11) is 0. The van der Waals surface area contributed by atoms with Crippen molar-refractivity contribution in [2.45, 2.75) is 45.2 Å². The Morgan fingerprint density at radius 3 is 2.57 bits per heavy atom. The summed E-state index contributed by atoms with van der Waals surface area (Å²) in [5, 5.41) is 4.08. The number of rotatable bonds is 2. The average Bonchev–Trinajstić information content (AvgIpc) is 2.14. The highest BCUT2D eigenvalue weighted by atomic mass is 32.1. The minimum atomic E-state index is 0.573. The summed E-state index contributed by atoms with van der Waals surface area (Å²) >= 11 is 5.36. The van der Waals surface area contributed by atoms with Crippen molar-refractivity contribution in [1.82, 2.24) is 10.2 Å². The highest BCUT2D eigenvalue weighted by Gasteiger charge is 2.26. The Hall–Kier alpha value is -0.570. The van der Waals surface area contributed by atoms with Gasteiger partial charge in [0, 0.05) is 18.6 Å². The molecule has 0 aliphatic carbocycles. The Balaban J connectivity index is 2.53. The van der Waals surface area contributed by atoms with Gasteiger partial charge in [-0.3, -0.25) is 0 Å². The lowest BCUT2D eigenvalue weighted by molar-refractivity contribution is 0.190. The quantitative estimate of drug-likeness (QED) is 0.558. The van der Waals surface area contributed by atoms with Crippen LogP contribution in [0.25, 0.3) is 0 Å². The molecule has 0 saturated carbocycles. The van der Waals surface area contributed by atoms with Crippen LogP contribution in [0.3, 0.4) is 0 Å². The SMILES string of the molecule is C=CCNC(=S)N1[C@H](C)CCC[C@@H]1C. The first-order chi connectivity index (χ1) is 6.66. The summed E-state index contributed by atoms with van der Waals surface area (Å²) in [6, 6.07) is 1.15. The summed E-state index contributed by atoms with van der Waals surface area (Å²) in [5.74, 6) is 0. The Morgan fingerprint density at radius 2 is 2.07 bits per heavy atom. The van der Waals surface area contributed by atoms with Crippen molar-refractivity contribution in [3.63, 3.8) is 0 Å². The number of piperidine rings is 1. The molecular formula is C11H20N2S. The molecule has 14 heavy (non-hydrogen) atoms. The smallest absolute Gasteiger partial charge is 0.169 e. The second kappa shape index (κ2) is 5.35. The van der Waals surface area contributed by atoms with Gasteiger partial charge in [-0.05, 0) is 45.3 Å². The molecule has 2 atom stereocenters. The number of likely N-dealkylation sites (tertiary alicyclic amines) is 1. The fraction of sp³-hybridized carbons (Fsp3) is 0.727. The Morgan fingerprint density at radius 1 is 1.50 bits per heavy atom. The van der Waals surface area contributed by atoms with Crippen LogP contribution >= 0.6 is 12.2 Å². The van der Waals surface area contributed by atoms with Gasteiger partial charge >= 0.3 is 0 Å². The molecule has 0 amide bonds. The second-order valence-electron chi connectivity index (χ2n) is 4.01. The van der Waals surface area contributed by atoms with Crippen LogP contribution in [-0.4, -0.2) is 28.6 Å². The van der Waals surface area contributed by atoms with Gasteiger partial charge in [0.2, 0.25) is 0 Å². The standard InChI is InChI=1S/C11H20N2S/c1-4-8-12-11(14)13-9(2)6-5-7-10(13)3/h4,9-10H,1,5-8H2,2-3H3,(H,12,14)/t9-,10+. The summed E-state index contributed by atoms with van der Waals surface area (Å²) in [6.07, 6.45) is 5.66. The van der Waals surface area contributed by atoms with E-state index in [9.17, 15) is 0 Å². The summed E-state index contributed by atoms with van der Waals surface area (Å²) in [4.78, 5) is 2.32. The summed E-state index contributed by atoms with van der Waals surface area (Å²) in [6.45, 7) is 8.93. The molecule has 80 valence electrons. The topological polar surface area (TPSA) is 15.3 Å². The molecule has 0 aromatic carbocycles. The molecule has 3 heteroatoms. The van der Waals surface area contributed by atoms with Gasteiger partial charge in [0.1, 0.15) is 0 Å². The third-order valence-corrected chi connectivity index (χ3v) is 3.18. The zero-order chi connectivity index (χ0) is 10.6. The second-order valence-corrected chi connectivity index (χ2v) is 4.40. The van der Waals surface area contributed by atoms with Crippen molar-refractivity contribution in [2.24, 2.45) is 0 Å². The van der Waals surface area contributed by atoms with E-state index in [1.165, 1.54) is 19.3 Å². The zero-order valence-corrected chi connectivity index (χ0v) is 9.94. The molecule has 2 nitrogen and oxygen atoms in total. The molecule has 0 unspecified atom stereocenters. The van der Waals surface area contributed by atoms with E-state index in [4.69, 9.17) is 12.2 Å². The maximum atomic E-state index is 5.36. The third kappa shape index (κ3) is 2.71. The lowest BCUT2D eigenvalue weighted by atomic mass is 9.98. The van der Waals surface area contributed by atoms with Gasteiger partial charge in [-0.1, -0.05) is 6.08 Å². The molecule has 1 aliphatic heterocycles. The highest BCUT2D eigenvalue weighted by Crippen LogP contribution is 2.22. The van der Waals surface area contributed by atoms with E-state index in [2.05, 4.69) is 30.6 Å². The summed E-state index contributed by atoms with van der Waals surface area (Å²) in [5.41, 5.74) is 0. The van der Waals surface area contributed by atoms with E-state index < -0.39 is 0 Å². The molecule has 0 aromatic heterocycles. The predicted molar refractivity (Wildman–Crippen MR) is 65.4 cm³/mol. The molecule has 1 rings (SSSR count). The van der Waals surface area contributed by atoms with Crippen LogP contribution in [0.2, 0.25) is 0 Å². The van der Waals surface area contributed by atoms with Gasteiger partial charge < -0.3 is 10.2 Å². The lowest BCUT2D eigenvalue weighted by Gasteiger charge is -2.40. The van der Waals surface area contributed by atoms with Gasteiger partial charge in [-0.15, -0.1) is 6.58 Å². The fourth-order valence-electron chi connectivity index (χ4n) is 2.07. The van der Waals surface area contributed by atoms with Crippen LogP contribution in [0.4, 0.5) is 0 Å². The monoisotopic (exact) mass is 212 g/mol. The van der Waals surface area contributed by atoms with Gasteiger partial charge in [-0.2, -0.15) is 0 Å². The Bertz CT molecular complexity index is 205. The number of nitrogens with one attached hydrogen (secondary N) is 1. The Kier molecular flexibility index (Phi) is 4.39. The molecule has 0 spiro atoms. The van der Waals surface area contributed by atoms with E-state index in [0.717, 1.165) is 11.7 Å². The number of thiocarbonyl (C=S) groups is 1.